The molecular weight excluding hydrogens is 212 g/mol. The van der Waals surface area contributed by atoms with E-state index in [0.717, 1.165) is 22.3 Å². The standard InChI is InChI=1S/C13H12N4/c14-10-1-3-12-9(7-10)5-6-17(12)11-2-4-13(15)16-8-11/h1-8H,14H2,(H2,15,16). The maximum Gasteiger partial charge on any atom is 0.123 e. The quantitative estimate of drug-likeness (QED) is 0.622. The molecule has 0 spiro atoms. The fourth-order valence-electron chi connectivity index (χ4n) is 1.93. The van der Waals surface area contributed by atoms with Crippen molar-refractivity contribution in [1.29, 1.82) is 0 Å². The molecule has 0 fully saturated rings. The Morgan fingerprint density at radius 2 is 1.88 bits per heavy atom. The molecule has 2 heterocycles. The highest BCUT2D eigenvalue weighted by Gasteiger charge is 2.03. The van der Waals surface area contributed by atoms with E-state index in [4.69, 9.17) is 11.5 Å². The zero-order valence-electron chi connectivity index (χ0n) is 9.17. The van der Waals surface area contributed by atoms with Gasteiger partial charge in [-0.1, -0.05) is 0 Å². The van der Waals surface area contributed by atoms with Crippen LogP contribution in [0.15, 0.2) is 48.8 Å². The highest BCUT2D eigenvalue weighted by Crippen LogP contribution is 2.22. The third kappa shape index (κ3) is 1.59. The Hall–Kier alpha value is -2.49. The first-order valence-electron chi connectivity index (χ1n) is 5.32. The Kier molecular flexibility index (Phi) is 2.01. The summed E-state index contributed by atoms with van der Waals surface area (Å²) in [6.45, 7) is 0. The summed E-state index contributed by atoms with van der Waals surface area (Å²) in [6.07, 6.45) is 3.75. The van der Waals surface area contributed by atoms with Crippen molar-refractivity contribution in [1.82, 2.24) is 9.55 Å². The van der Waals surface area contributed by atoms with Gasteiger partial charge in [0.05, 0.1) is 17.4 Å². The molecule has 0 saturated carbocycles. The van der Waals surface area contributed by atoms with Crippen LogP contribution in [0.25, 0.3) is 16.6 Å². The number of nitrogen functional groups attached to an aromatic ring is 2. The Labute approximate surface area is 98.5 Å². The molecule has 4 heteroatoms. The van der Waals surface area contributed by atoms with Crippen molar-refractivity contribution in [3.8, 4) is 5.69 Å². The van der Waals surface area contributed by atoms with E-state index in [9.17, 15) is 0 Å². The number of hydrogen-bond donors (Lipinski definition) is 2. The van der Waals surface area contributed by atoms with E-state index in [0.29, 0.717) is 5.82 Å². The summed E-state index contributed by atoms with van der Waals surface area (Å²) < 4.78 is 2.06. The molecule has 0 unspecified atom stereocenters. The van der Waals surface area contributed by atoms with Crippen LogP contribution in [0.5, 0.6) is 0 Å². The number of rotatable bonds is 1. The van der Waals surface area contributed by atoms with Gasteiger partial charge in [0.2, 0.25) is 0 Å². The molecule has 3 rings (SSSR count). The maximum absolute atomic E-state index is 5.75. The van der Waals surface area contributed by atoms with E-state index < -0.39 is 0 Å². The number of nitrogens with zero attached hydrogens (tertiary/aromatic N) is 2. The van der Waals surface area contributed by atoms with Crippen LogP contribution in [0.3, 0.4) is 0 Å². The number of pyridine rings is 1. The molecule has 0 bridgehead atoms. The van der Waals surface area contributed by atoms with Gasteiger partial charge in [-0.05, 0) is 36.4 Å². The Bertz CT molecular complexity index is 667. The molecule has 84 valence electrons. The van der Waals surface area contributed by atoms with Crippen LogP contribution in [-0.4, -0.2) is 9.55 Å². The molecular formula is C13H12N4. The lowest BCUT2D eigenvalue weighted by Crippen LogP contribution is -1.95. The largest absolute Gasteiger partial charge is 0.399 e. The summed E-state index contributed by atoms with van der Waals surface area (Å²) in [5.41, 5.74) is 14.2. The number of hydrogen-bond acceptors (Lipinski definition) is 3. The first-order valence-corrected chi connectivity index (χ1v) is 5.32. The van der Waals surface area contributed by atoms with Crippen molar-refractivity contribution in [2.45, 2.75) is 0 Å². The second-order valence-electron chi connectivity index (χ2n) is 3.95. The van der Waals surface area contributed by atoms with Crippen molar-refractivity contribution < 1.29 is 0 Å². The van der Waals surface area contributed by atoms with Gasteiger partial charge in [-0.25, -0.2) is 4.98 Å². The van der Waals surface area contributed by atoms with Gasteiger partial charge in [0.15, 0.2) is 0 Å². The molecule has 3 aromatic rings. The molecule has 0 aliphatic heterocycles. The van der Waals surface area contributed by atoms with E-state index in [1.165, 1.54) is 0 Å². The Morgan fingerprint density at radius 3 is 2.65 bits per heavy atom. The molecule has 0 radical (unpaired) electrons. The number of fused-ring (bicyclic) bond motifs is 1. The summed E-state index contributed by atoms with van der Waals surface area (Å²) in [4.78, 5) is 4.09. The minimum atomic E-state index is 0.523. The van der Waals surface area contributed by atoms with Crippen molar-refractivity contribution >= 4 is 22.4 Å². The fourth-order valence-corrected chi connectivity index (χ4v) is 1.93. The van der Waals surface area contributed by atoms with Gasteiger partial charge < -0.3 is 16.0 Å². The summed E-state index contributed by atoms with van der Waals surface area (Å²) in [7, 11) is 0. The van der Waals surface area contributed by atoms with Crippen LogP contribution in [0.1, 0.15) is 0 Å². The van der Waals surface area contributed by atoms with Crippen molar-refractivity contribution in [3.63, 3.8) is 0 Å². The third-order valence-corrected chi connectivity index (χ3v) is 2.76. The Balaban J connectivity index is 2.21. The first-order chi connectivity index (χ1) is 8.24. The lowest BCUT2D eigenvalue weighted by Gasteiger charge is -2.05. The third-order valence-electron chi connectivity index (χ3n) is 2.76. The summed E-state index contributed by atoms with van der Waals surface area (Å²) in [5, 5.41) is 1.11. The number of anilines is 2. The number of nitrogens with two attached hydrogens (primary N) is 2. The van der Waals surface area contributed by atoms with Crippen molar-refractivity contribution in [2.75, 3.05) is 11.5 Å². The molecule has 1 aromatic carbocycles. The normalized spacial score (nSPS) is 10.8. The predicted octanol–water partition coefficient (Wildman–Crippen LogP) is 2.19. The zero-order valence-corrected chi connectivity index (χ0v) is 9.17. The van der Waals surface area contributed by atoms with Crippen molar-refractivity contribution in [2.24, 2.45) is 0 Å². The zero-order chi connectivity index (χ0) is 11.8. The summed E-state index contributed by atoms with van der Waals surface area (Å²) in [6, 6.07) is 11.6. The van der Waals surface area contributed by atoms with Gasteiger partial charge in [0, 0.05) is 17.3 Å². The molecule has 0 amide bonds. The van der Waals surface area contributed by atoms with Gasteiger partial charge in [-0.3, -0.25) is 0 Å². The van der Waals surface area contributed by atoms with Crippen LogP contribution in [0.2, 0.25) is 0 Å². The molecule has 0 saturated heterocycles. The molecule has 2 aromatic heterocycles. The molecule has 4 nitrogen and oxygen atoms in total. The SMILES string of the molecule is Nc1ccc2c(ccn2-c2ccc(N)nc2)c1. The predicted molar refractivity (Wildman–Crippen MR) is 69.9 cm³/mol. The lowest BCUT2D eigenvalue weighted by atomic mass is 10.2. The van der Waals surface area contributed by atoms with Crippen LogP contribution in [0, 0.1) is 0 Å². The number of aromatic nitrogens is 2. The highest BCUT2D eigenvalue weighted by molar-refractivity contribution is 5.84. The van der Waals surface area contributed by atoms with E-state index in [1.807, 2.05) is 36.5 Å². The second kappa shape index (κ2) is 3.52. The van der Waals surface area contributed by atoms with Crippen molar-refractivity contribution in [3.05, 3.63) is 48.8 Å². The van der Waals surface area contributed by atoms with Crippen LogP contribution in [-0.2, 0) is 0 Å². The average Bonchev–Trinajstić information content (AvgIpc) is 2.73. The van der Waals surface area contributed by atoms with E-state index in [1.54, 1.807) is 12.3 Å². The van der Waals surface area contributed by atoms with Crippen LogP contribution in [0.4, 0.5) is 11.5 Å². The topological polar surface area (TPSA) is 69.9 Å². The molecule has 17 heavy (non-hydrogen) atoms. The monoisotopic (exact) mass is 224 g/mol. The van der Waals surface area contributed by atoms with Crippen LogP contribution < -0.4 is 11.5 Å². The summed E-state index contributed by atoms with van der Waals surface area (Å²) >= 11 is 0. The van der Waals surface area contributed by atoms with Gasteiger partial charge >= 0.3 is 0 Å². The smallest absolute Gasteiger partial charge is 0.123 e. The second-order valence-corrected chi connectivity index (χ2v) is 3.95. The van der Waals surface area contributed by atoms with Gasteiger partial charge in [0.25, 0.3) is 0 Å². The minimum Gasteiger partial charge on any atom is -0.399 e. The molecule has 0 atom stereocenters. The maximum atomic E-state index is 5.75. The van der Waals surface area contributed by atoms with Gasteiger partial charge in [-0.15, -0.1) is 0 Å². The van der Waals surface area contributed by atoms with E-state index >= 15 is 0 Å². The highest BCUT2D eigenvalue weighted by atomic mass is 15.0. The minimum absolute atomic E-state index is 0.523. The lowest BCUT2D eigenvalue weighted by molar-refractivity contribution is 1.10. The number of benzene rings is 1. The Morgan fingerprint density at radius 1 is 1.00 bits per heavy atom. The fraction of sp³-hybridized carbons (Fsp3) is 0. The average molecular weight is 224 g/mol. The van der Waals surface area contributed by atoms with Gasteiger partial charge in [-0.2, -0.15) is 0 Å². The molecule has 0 aliphatic carbocycles. The van der Waals surface area contributed by atoms with E-state index in [2.05, 4.69) is 9.55 Å². The van der Waals surface area contributed by atoms with Crippen LogP contribution >= 0.6 is 0 Å². The molecule has 0 aliphatic rings. The first kappa shape index (κ1) is 9.72. The van der Waals surface area contributed by atoms with Gasteiger partial charge in [0.1, 0.15) is 5.82 Å². The molecule has 4 N–H and O–H groups in total. The van der Waals surface area contributed by atoms with E-state index in [-0.39, 0.29) is 0 Å². The summed E-state index contributed by atoms with van der Waals surface area (Å²) in [5.74, 6) is 0.523.